The van der Waals surface area contributed by atoms with Crippen LogP contribution in [0.3, 0.4) is 0 Å². The van der Waals surface area contributed by atoms with Gasteiger partial charge in [-0.25, -0.2) is 4.98 Å². The Balaban J connectivity index is 2.02. The monoisotopic (exact) mass is 459 g/mol. The van der Waals surface area contributed by atoms with Gasteiger partial charge in [-0.05, 0) is 72.2 Å². The molecular weight excluding hydrogens is 434 g/mol. The lowest BCUT2D eigenvalue weighted by Gasteiger charge is -2.25. The van der Waals surface area contributed by atoms with Crippen molar-refractivity contribution in [2.24, 2.45) is 0 Å². The van der Waals surface area contributed by atoms with E-state index >= 15 is 0 Å². The number of rotatable bonds is 7. The molecule has 0 aliphatic heterocycles. The predicted octanol–water partition coefficient (Wildman–Crippen LogP) is 5.66. The molecule has 28 heavy (non-hydrogen) atoms. The summed E-state index contributed by atoms with van der Waals surface area (Å²) in [6.45, 7) is 11.8. The molecule has 0 aliphatic carbocycles. The van der Waals surface area contributed by atoms with E-state index in [0.717, 1.165) is 39.5 Å². The van der Waals surface area contributed by atoms with Gasteiger partial charge in [0.2, 0.25) is 0 Å². The third kappa shape index (κ3) is 4.45. The molecule has 4 nitrogen and oxygen atoms in total. The second-order valence-corrected chi connectivity index (χ2v) is 8.72. The number of hydrogen-bond donors (Lipinski definition) is 0. The predicted molar refractivity (Wildman–Crippen MR) is 123 cm³/mol. The Kier molecular flexibility index (Phi) is 6.86. The molecule has 1 aromatic heterocycles. The largest absolute Gasteiger partial charge is 0.302 e. The number of fused-ring (bicyclic) bond motifs is 1. The highest BCUT2D eigenvalue weighted by molar-refractivity contribution is 9.10. The second kappa shape index (κ2) is 9.16. The Labute approximate surface area is 179 Å². The molecule has 0 N–H and O–H groups in total. The van der Waals surface area contributed by atoms with Crippen LogP contribution < -0.4 is 4.90 Å². The normalized spacial score (nSPS) is 11.4. The molecular formula is C22H26BrN3OS. The number of thiazole rings is 1. The smallest absolute Gasteiger partial charge is 0.261 e. The summed E-state index contributed by atoms with van der Waals surface area (Å²) in [6.07, 6.45) is 0. The molecule has 2 aromatic carbocycles. The first-order chi connectivity index (χ1) is 13.4. The number of amides is 1. The first-order valence-electron chi connectivity index (χ1n) is 9.61. The molecule has 3 rings (SSSR count). The van der Waals surface area contributed by atoms with Crippen molar-refractivity contribution in [1.29, 1.82) is 0 Å². The van der Waals surface area contributed by atoms with Crippen molar-refractivity contribution < 1.29 is 4.79 Å². The standard InChI is InChI=1S/C22H26BrN3OS/c1-5-25(6-2)11-12-26(21(27)17-9-7-8-10-18(17)23)22-24-19-14-15(3)13-16(4)20(19)28-22/h7-10,13-14H,5-6,11-12H2,1-4H3. The quantitative estimate of drug-likeness (QED) is 0.456. The highest BCUT2D eigenvalue weighted by atomic mass is 79.9. The number of carbonyl (C=O) groups excluding carboxylic acids is 1. The summed E-state index contributed by atoms with van der Waals surface area (Å²) >= 11 is 5.12. The van der Waals surface area contributed by atoms with E-state index in [2.05, 4.69) is 60.7 Å². The third-order valence-corrected chi connectivity index (χ3v) is 6.84. The number of likely N-dealkylation sites (N-methyl/N-ethyl adjacent to an activating group) is 1. The van der Waals surface area contributed by atoms with Gasteiger partial charge in [-0.2, -0.15) is 0 Å². The SMILES string of the molecule is CCN(CC)CCN(C(=O)c1ccccc1Br)c1nc2cc(C)cc(C)c2s1. The highest BCUT2D eigenvalue weighted by Gasteiger charge is 2.23. The van der Waals surface area contributed by atoms with Crippen LogP contribution >= 0.6 is 27.3 Å². The van der Waals surface area contributed by atoms with Crippen LogP contribution in [0.5, 0.6) is 0 Å². The highest BCUT2D eigenvalue weighted by Crippen LogP contribution is 2.33. The van der Waals surface area contributed by atoms with Gasteiger partial charge in [0.25, 0.3) is 5.91 Å². The van der Waals surface area contributed by atoms with Gasteiger partial charge in [-0.15, -0.1) is 0 Å². The molecule has 1 heterocycles. The van der Waals surface area contributed by atoms with Crippen LogP contribution in [-0.4, -0.2) is 42.0 Å². The molecule has 0 radical (unpaired) electrons. The van der Waals surface area contributed by atoms with E-state index in [1.54, 1.807) is 11.3 Å². The van der Waals surface area contributed by atoms with Gasteiger partial charge >= 0.3 is 0 Å². The van der Waals surface area contributed by atoms with Crippen LogP contribution in [-0.2, 0) is 0 Å². The maximum Gasteiger partial charge on any atom is 0.261 e. The number of hydrogen-bond acceptors (Lipinski definition) is 4. The molecule has 0 atom stereocenters. The lowest BCUT2D eigenvalue weighted by atomic mass is 10.1. The summed E-state index contributed by atoms with van der Waals surface area (Å²) in [5.41, 5.74) is 4.02. The Morgan fingerprint density at radius 1 is 1.11 bits per heavy atom. The van der Waals surface area contributed by atoms with E-state index in [9.17, 15) is 4.79 Å². The zero-order valence-electron chi connectivity index (χ0n) is 16.8. The van der Waals surface area contributed by atoms with Crippen LogP contribution in [0.25, 0.3) is 10.2 Å². The molecule has 148 valence electrons. The van der Waals surface area contributed by atoms with Crippen LogP contribution in [0.1, 0.15) is 35.3 Å². The fourth-order valence-electron chi connectivity index (χ4n) is 3.33. The summed E-state index contributed by atoms with van der Waals surface area (Å²) < 4.78 is 1.95. The van der Waals surface area contributed by atoms with E-state index in [1.807, 2.05) is 29.2 Å². The molecule has 6 heteroatoms. The number of aryl methyl sites for hydroxylation is 2. The second-order valence-electron chi connectivity index (χ2n) is 6.89. The average Bonchev–Trinajstić information content (AvgIpc) is 3.09. The van der Waals surface area contributed by atoms with Gasteiger partial charge in [-0.3, -0.25) is 9.69 Å². The van der Waals surface area contributed by atoms with E-state index in [0.29, 0.717) is 12.1 Å². The van der Waals surface area contributed by atoms with Crippen LogP contribution in [0, 0.1) is 13.8 Å². The maximum absolute atomic E-state index is 13.4. The van der Waals surface area contributed by atoms with Gasteiger partial charge in [0.1, 0.15) is 0 Å². The van der Waals surface area contributed by atoms with Gasteiger partial charge in [0.15, 0.2) is 5.13 Å². The van der Waals surface area contributed by atoms with Crippen molar-refractivity contribution in [3.8, 4) is 0 Å². The minimum Gasteiger partial charge on any atom is -0.302 e. The number of halogens is 1. The first kappa shape index (κ1) is 21.0. The zero-order valence-corrected chi connectivity index (χ0v) is 19.2. The lowest BCUT2D eigenvalue weighted by molar-refractivity contribution is 0.0983. The molecule has 0 aliphatic rings. The molecule has 0 unspecified atom stereocenters. The lowest BCUT2D eigenvalue weighted by Crippen LogP contribution is -2.39. The Hall–Kier alpha value is -1.76. The van der Waals surface area contributed by atoms with Crippen molar-refractivity contribution in [2.45, 2.75) is 27.7 Å². The molecule has 1 amide bonds. The van der Waals surface area contributed by atoms with Crippen molar-refractivity contribution in [3.63, 3.8) is 0 Å². The average molecular weight is 460 g/mol. The first-order valence-corrected chi connectivity index (χ1v) is 11.2. The van der Waals surface area contributed by atoms with Crippen LogP contribution in [0.15, 0.2) is 40.9 Å². The summed E-state index contributed by atoms with van der Waals surface area (Å²) in [5.74, 6) is -0.0203. The van der Waals surface area contributed by atoms with Gasteiger partial charge in [-0.1, -0.05) is 43.4 Å². The third-order valence-electron chi connectivity index (χ3n) is 4.92. The number of carbonyl (C=O) groups is 1. The van der Waals surface area contributed by atoms with Gasteiger partial charge in [0.05, 0.1) is 15.8 Å². The summed E-state index contributed by atoms with van der Waals surface area (Å²) in [6, 6.07) is 11.8. The molecule has 3 aromatic rings. The topological polar surface area (TPSA) is 36.4 Å². The molecule has 0 fully saturated rings. The number of nitrogens with zero attached hydrogens (tertiary/aromatic N) is 3. The summed E-state index contributed by atoms with van der Waals surface area (Å²) in [5, 5.41) is 0.761. The molecule has 0 spiro atoms. The minimum absolute atomic E-state index is 0.0203. The molecule has 0 bridgehead atoms. The summed E-state index contributed by atoms with van der Waals surface area (Å²) in [4.78, 5) is 22.4. The van der Waals surface area contributed by atoms with Crippen LogP contribution in [0.2, 0.25) is 0 Å². The maximum atomic E-state index is 13.4. The Morgan fingerprint density at radius 2 is 1.82 bits per heavy atom. The van der Waals surface area contributed by atoms with Crippen molar-refractivity contribution in [2.75, 3.05) is 31.1 Å². The molecule has 0 saturated heterocycles. The van der Waals surface area contributed by atoms with Crippen LogP contribution in [0.4, 0.5) is 5.13 Å². The van der Waals surface area contributed by atoms with E-state index in [-0.39, 0.29) is 5.91 Å². The number of aromatic nitrogens is 1. The van der Waals surface area contributed by atoms with E-state index < -0.39 is 0 Å². The van der Waals surface area contributed by atoms with Crippen molar-refractivity contribution in [1.82, 2.24) is 9.88 Å². The fraction of sp³-hybridized carbons (Fsp3) is 0.364. The number of anilines is 1. The Morgan fingerprint density at radius 3 is 2.50 bits per heavy atom. The van der Waals surface area contributed by atoms with E-state index in [1.165, 1.54) is 11.1 Å². The van der Waals surface area contributed by atoms with Crippen molar-refractivity contribution >= 4 is 48.5 Å². The summed E-state index contributed by atoms with van der Waals surface area (Å²) in [7, 11) is 0. The van der Waals surface area contributed by atoms with Gasteiger partial charge in [0, 0.05) is 17.6 Å². The fourth-order valence-corrected chi connectivity index (χ4v) is 4.82. The molecule has 0 saturated carbocycles. The van der Waals surface area contributed by atoms with E-state index in [4.69, 9.17) is 4.98 Å². The number of benzene rings is 2. The minimum atomic E-state index is -0.0203. The Bertz CT molecular complexity index is 981. The zero-order chi connectivity index (χ0) is 20.3. The van der Waals surface area contributed by atoms with Crippen molar-refractivity contribution in [3.05, 3.63) is 57.6 Å². The van der Waals surface area contributed by atoms with Gasteiger partial charge < -0.3 is 4.90 Å².